The van der Waals surface area contributed by atoms with Crippen LogP contribution in [-0.4, -0.2) is 102 Å². The Bertz CT molecular complexity index is 829. The standard InChI is InChI=1S/C15H21FN2O11/c16-4-1-18(15(26)17-12(4)25)13-10(23)8(21)6(28-13)3-27-14-11(24)9(22)7(20)5(2-19)29-14/h1,5-11,13-14,19-24H,2-3H2,(H,17,25,26)/t5?,6-,7?,8-,9?,10-,11?,13-,14-/m1/s1. The van der Waals surface area contributed by atoms with Crippen LogP contribution in [0.3, 0.4) is 0 Å². The SMILES string of the molecule is O=c1[nH]c(=O)n([C@@H]2O[C@H](CO[C@@H]3OC(CO)C(O)C(O)C3O)[C@@H](O)[C@H]2O)cc1F. The van der Waals surface area contributed by atoms with E-state index in [0.717, 1.165) is 0 Å². The number of nitrogens with one attached hydrogen (secondary N) is 1. The second-order valence-electron chi connectivity index (χ2n) is 6.72. The number of aliphatic hydroxyl groups is 6. The average Bonchev–Trinajstić information content (AvgIpc) is 2.97. The maximum atomic E-state index is 13.5. The first-order valence-corrected chi connectivity index (χ1v) is 8.60. The van der Waals surface area contributed by atoms with Crippen molar-refractivity contribution in [3.8, 4) is 0 Å². The molecule has 0 spiro atoms. The Hall–Kier alpha value is -1.75. The number of ether oxygens (including phenoxy) is 3. The number of hydrogen-bond acceptors (Lipinski definition) is 11. The fraction of sp³-hybridized carbons (Fsp3) is 0.733. The molecule has 2 aliphatic rings. The molecule has 164 valence electrons. The van der Waals surface area contributed by atoms with Crippen LogP contribution in [0.15, 0.2) is 15.8 Å². The smallest absolute Gasteiger partial charge is 0.330 e. The second-order valence-corrected chi connectivity index (χ2v) is 6.72. The lowest BCUT2D eigenvalue weighted by Gasteiger charge is -2.39. The van der Waals surface area contributed by atoms with Crippen LogP contribution in [0.5, 0.6) is 0 Å². The van der Waals surface area contributed by atoms with Crippen molar-refractivity contribution in [2.24, 2.45) is 0 Å². The third kappa shape index (κ3) is 4.11. The summed E-state index contributed by atoms with van der Waals surface area (Å²) in [5, 5.41) is 58.8. The highest BCUT2D eigenvalue weighted by Gasteiger charge is 2.47. The topological polar surface area (TPSA) is 204 Å². The van der Waals surface area contributed by atoms with Crippen molar-refractivity contribution >= 4 is 0 Å². The maximum Gasteiger partial charge on any atom is 0.330 e. The predicted octanol–water partition coefficient (Wildman–Crippen LogP) is -4.89. The molecule has 14 heteroatoms. The van der Waals surface area contributed by atoms with Gasteiger partial charge in [0.05, 0.1) is 19.4 Å². The van der Waals surface area contributed by atoms with E-state index in [2.05, 4.69) is 0 Å². The van der Waals surface area contributed by atoms with Gasteiger partial charge < -0.3 is 44.8 Å². The molecular weight excluding hydrogens is 403 g/mol. The van der Waals surface area contributed by atoms with Gasteiger partial charge in [-0.15, -0.1) is 0 Å². The largest absolute Gasteiger partial charge is 0.394 e. The molecule has 29 heavy (non-hydrogen) atoms. The Morgan fingerprint density at radius 1 is 1.00 bits per heavy atom. The van der Waals surface area contributed by atoms with E-state index in [1.165, 1.54) is 0 Å². The molecule has 1 aromatic rings. The van der Waals surface area contributed by atoms with Gasteiger partial charge in [0.15, 0.2) is 12.5 Å². The summed E-state index contributed by atoms with van der Waals surface area (Å²) in [6.07, 6.45) is -13.3. The van der Waals surface area contributed by atoms with E-state index in [4.69, 9.17) is 19.3 Å². The van der Waals surface area contributed by atoms with Crippen molar-refractivity contribution in [3.05, 3.63) is 32.9 Å². The van der Waals surface area contributed by atoms with E-state index in [9.17, 15) is 39.5 Å². The Kier molecular flexibility index (Phi) is 6.47. The van der Waals surface area contributed by atoms with E-state index in [0.29, 0.717) is 10.8 Å². The highest BCUT2D eigenvalue weighted by Crippen LogP contribution is 2.30. The van der Waals surface area contributed by atoms with Gasteiger partial charge >= 0.3 is 5.69 Å². The lowest BCUT2D eigenvalue weighted by Crippen LogP contribution is -2.59. The molecule has 13 nitrogen and oxygen atoms in total. The molecule has 2 saturated heterocycles. The van der Waals surface area contributed by atoms with Crippen LogP contribution in [0.25, 0.3) is 0 Å². The molecule has 4 unspecified atom stereocenters. The van der Waals surface area contributed by atoms with Gasteiger partial charge in [-0.05, 0) is 0 Å². The molecular formula is C15H21FN2O11. The van der Waals surface area contributed by atoms with Crippen molar-refractivity contribution in [3.63, 3.8) is 0 Å². The Morgan fingerprint density at radius 2 is 1.66 bits per heavy atom. The number of nitrogens with zero attached hydrogens (tertiary/aromatic N) is 1. The summed E-state index contributed by atoms with van der Waals surface area (Å²) in [5.41, 5.74) is -2.34. The number of aliphatic hydroxyl groups excluding tert-OH is 6. The quantitative estimate of drug-likeness (QED) is 0.239. The molecule has 0 aromatic carbocycles. The first kappa shape index (κ1) is 21.9. The lowest BCUT2D eigenvalue weighted by molar-refractivity contribution is -0.306. The molecule has 0 radical (unpaired) electrons. The number of aromatic amines is 1. The van der Waals surface area contributed by atoms with E-state index < -0.39 is 85.5 Å². The molecule has 2 fully saturated rings. The highest BCUT2D eigenvalue weighted by molar-refractivity contribution is 4.95. The van der Waals surface area contributed by atoms with Gasteiger partial charge in [0.2, 0.25) is 5.82 Å². The van der Waals surface area contributed by atoms with Crippen LogP contribution in [0.2, 0.25) is 0 Å². The van der Waals surface area contributed by atoms with Gasteiger partial charge in [0.1, 0.15) is 42.7 Å². The molecule has 0 saturated carbocycles. The minimum Gasteiger partial charge on any atom is -0.394 e. The van der Waals surface area contributed by atoms with Gasteiger partial charge in [-0.1, -0.05) is 0 Å². The van der Waals surface area contributed by atoms with Gasteiger partial charge in [-0.25, -0.2) is 4.79 Å². The monoisotopic (exact) mass is 424 g/mol. The van der Waals surface area contributed by atoms with Crippen molar-refractivity contribution in [1.82, 2.24) is 9.55 Å². The maximum absolute atomic E-state index is 13.5. The van der Waals surface area contributed by atoms with Crippen molar-refractivity contribution in [1.29, 1.82) is 0 Å². The molecule has 3 rings (SSSR count). The van der Waals surface area contributed by atoms with Crippen LogP contribution in [0, 0.1) is 5.82 Å². The number of rotatable bonds is 5. The van der Waals surface area contributed by atoms with Gasteiger partial charge in [0.25, 0.3) is 5.56 Å². The number of H-pyrrole nitrogens is 1. The summed E-state index contributed by atoms with van der Waals surface area (Å²) in [5.74, 6) is -1.31. The summed E-state index contributed by atoms with van der Waals surface area (Å²) in [7, 11) is 0. The summed E-state index contributed by atoms with van der Waals surface area (Å²) in [6.45, 7) is -1.19. The molecule has 7 N–H and O–H groups in total. The number of halogens is 1. The first-order valence-electron chi connectivity index (χ1n) is 8.60. The van der Waals surface area contributed by atoms with Crippen LogP contribution < -0.4 is 11.2 Å². The zero-order valence-electron chi connectivity index (χ0n) is 14.7. The second kappa shape index (κ2) is 8.55. The minimum absolute atomic E-state index is 0.516. The van der Waals surface area contributed by atoms with E-state index in [1.54, 1.807) is 4.98 Å². The number of aromatic nitrogens is 2. The zero-order valence-corrected chi connectivity index (χ0v) is 14.7. The van der Waals surface area contributed by atoms with Crippen LogP contribution in [0.1, 0.15) is 6.23 Å². The summed E-state index contributed by atoms with van der Waals surface area (Å²) in [4.78, 5) is 24.6. The fourth-order valence-corrected chi connectivity index (χ4v) is 3.14. The number of hydrogen-bond donors (Lipinski definition) is 7. The summed E-state index contributed by atoms with van der Waals surface area (Å²) < 4.78 is 29.7. The van der Waals surface area contributed by atoms with Crippen LogP contribution >= 0.6 is 0 Å². The minimum atomic E-state index is -1.69. The van der Waals surface area contributed by atoms with E-state index >= 15 is 0 Å². The predicted molar refractivity (Wildman–Crippen MR) is 86.9 cm³/mol. The third-order valence-electron chi connectivity index (χ3n) is 4.81. The third-order valence-corrected chi connectivity index (χ3v) is 4.81. The zero-order chi connectivity index (χ0) is 21.5. The van der Waals surface area contributed by atoms with E-state index in [-0.39, 0.29) is 0 Å². The van der Waals surface area contributed by atoms with Crippen molar-refractivity contribution in [2.45, 2.75) is 55.2 Å². The van der Waals surface area contributed by atoms with Gasteiger partial charge in [0, 0.05) is 0 Å². The summed E-state index contributed by atoms with van der Waals surface area (Å²) >= 11 is 0. The Balaban J connectivity index is 1.69. The molecule has 0 aliphatic carbocycles. The van der Waals surface area contributed by atoms with Crippen molar-refractivity contribution in [2.75, 3.05) is 13.2 Å². The average molecular weight is 424 g/mol. The van der Waals surface area contributed by atoms with Gasteiger partial charge in [-0.3, -0.25) is 14.3 Å². The molecule has 9 atom stereocenters. The molecule has 3 heterocycles. The first-order chi connectivity index (χ1) is 13.6. The lowest BCUT2D eigenvalue weighted by atomic mass is 9.99. The van der Waals surface area contributed by atoms with Crippen molar-refractivity contribution < 1.29 is 49.2 Å². The van der Waals surface area contributed by atoms with E-state index in [1.807, 2.05) is 0 Å². The molecule has 0 amide bonds. The molecule has 1 aromatic heterocycles. The van der Waals surface area contributed by atoms with Gasteiger partial charge in [-0.2, -0.15) is 4.39 Å². The summed E-state index contributed by atoms with van der Waals surface area (Å²) in [6, 6.07) is 0. The normalized spacial score (nSPS) is 40.3. The highest BCUT2D eigenvalue weighted by atomic mass is 19.1. The Labute approximate surface area is 161 Å². The molecule has 2 aliphatic heterocycles. The molecule has 0 bridgehead atoms. The Morgan fingerprint density at radius 3 is 2.31 bits per heavy atom. The fourth-order valence-electron chi connectivity index (χ4n) is 3.14. The van der Waals surface area contributed by atoms with Crippen LogP contribution in [0.4, 0.5) is 4.39 Å². The van der Waals surface area contributed by atoms with Crippen LogP contribution in [-0.2, 0) is 14.2 Å².